The molecule has 0 aliphatic heterocycles. The van der Waals surface area contributed by atoms with Crippen LogP contribution in [0.5, 0.6) is 0 Å². The molecule has 0 fully saturated rings. The van der Waals surface area contributed by atoms with E-state index in [1.54, 1.807) is 38.1 Å². The minimum atomic E-state index is -0.864. The number of carboxylic acid groups (broad SMARTS) is 1. The topological polar surface area (TPSA) is 40.5 Å². The molecule has 0 aliphatic rings. The third kappa shape index (κ3) is 2.95. The molecule has 0 aromatic heterocycles. The number of anilines is 1. The van der Waals surface area contributed by atoms with Gasteiger partial charge in [0.05, 0.1) is 11.6 Å². The van der Waals surface area contributed by atoms with Crippen molar-refractivity contribution in [3.8, 4) is 0 Å². The predicted molar refractivity (Wildman–Crippen MR) is 61.2 cm³/mol. The Balaban J connectivity index is 2.85. The van der Waals surface area contributed by atoms with Crippen molar-refractivity contribution in [1.29, 1.82) is 0 Å². The fourth-order valence-corrected chi connectivity index (χ4v) is 1.48. The monoisotopic (exact) mass is 225 g/mol. The first kappa shape index (κ1) is 12.5. The Labute approximate surface area is 94.5 Å². The van der Waals surface area contributed by atoms with Crippen molar-refractivity contribution >= 4 is 11.7 Å². The minimum Gasteiger partial charge on any atom is -0.481 e. The molecule has 0 amide bonds. The van der Waals surface area contributed by atoms with Crippen molar-refractivity contribution in [3.05, 3.63) is 29.6 Å². The van der Waals surface area contributed by atoms with E-state index in [1.807, 2.05) is 0 Å². The van der Waals surface area contributed by atoms with Crippen LogP contribution in [0, 0.1) is 11.7 Å². The zero-order valence-corrected chi connectivity index (χ0v) is 9.70. The second-order valence-corrected chi connectivity index (χ2v) is 4.12. The largest absolute Gasteiger partial charge is 0.481 e. The van der Waals surface area contributed by atoms with E-state index in [0.717, 1.165) is 0 Å². The van der Waals surface area contributed by atoms with Gasteiger partial charge < -0.3 is 10.0 Å². The van der Waals surface area contributed by atoms with Gasteiger partial charge in [-0.1, -0.05) is 13.0 Å². The number of hydrogen-bond donors (Lipinski definition) is 1. The Kier molecular flexibility index (Phi) is 3.88. The third-order valence-electron chi connectivity index (χ3n) is 2.46. The maximum atomic E-state index is 13.6. The minimum absolute atomic E-state index is 0.319. The van der Waals surface area contributed by atoms with Gasteiger partial charge in [-0.2, -0.15) is 0 Å². The maximum absolute atomic E-state index is 13.6. The van der Waals surface area contributed by atoms with Crippen molar-refractivity contribution in [2.45, 2.75) is 13.3 Å². The first-order valence-corrected chi connectivity index (χ1v) is 5.10. The highest BCUT2D eigenvalue weighted by Crippen LogP contribution is 2.20. The lowest BCUT2D eigenvalue weighted by Crippen LogP contribution is -2.13. The first-order valence-electron chi connectivity index (χ1n) is 5.10. The lowest BCUT2D eigenvalue weighted by atomic mass is 10.0. The number of benzene rings is 1. The Bertz CT molecular complexity index is 391. The van der Waals surface area contributed by atoms with E-state index in [1.165, 1.54) is 6.07 Å². The second kappa shape index (κ2) is 4.96. The van der Waals surface area contributed by atoms with Crippen LogP contribution in [0.15, 0.2) is 18.2 Å². The normalized spacial score (nSPS) is 12.2. The molecule has 1 unspecified atom stereocenters. The van der Waals surface area contributed by atoms with E-state index in [9.17, 15) is 9.18 Å². The Morgan fingerprint density at radius 3 is 2.56 bits per heavy atom. The average Bonchev–Trinajstić information content (AvgIpc) is 2.16. The third-order valence-corrected chi connectivity index (χ3v) is 2.46. The van der Waals surface area contributed by atoms with Crippen LogP contribution in [-0.4, -0.2) is 25.2 Å². The number of carboxylic acids is 1. The van der Waals surface area contributed by atoms with E-state index in [4.69, 9.17) is 5.11 Å². The number of halogens is 1. The van der Waals surface area contributed by atoms with Gasteiger partial charge in [-0.05, 0) is 24.1 Å². The van der Waals surface area contributed by atoms with Gasteiger partial charge in [0.25, 0.3) is 0 Å². The van der Waals surface area contributed by atoms with Crippen LogP contribution in [-0.2, 0) is 11.2 Å². The van der Waals surface area contributed by atoms with Gasteiger partial charge in [0.1, 0.15) is 5.82 Å². The molecule has 4 heteroatoms. The van der Waals surface area contributed by atoms with E-state index in [0.29, 0.717) is 17.7 Å². The molecule has 1 N–H and O–H groups in total. The molecule has 16 heavy (non-hydrogen) atoms. The van der Waals surface area contributed by atoms with Gasteiger partial charge in [-0.3, -0.25) is 4.79 Å². The molecule has 0 spiro atoms. The quantitative estimate of drug-likeness (QED) is 0.853. The number of carbonyl (C=O) groups is 1. The van der Waals surface area contributed by atoms with Crippen molar-refractivity contribution in [2.75, 3.05) is 19.0 Å². The molecule has 0 heterocycles. The highest BCUT2D eigenvalue weighted by Gasteiger charge is 2.13. The van der Waals surface area contributed by atoms with Gasteiger partial charge in [0.15, 0.2) is 0 Å². The van der Waals surface area contributed by atoms with Gasteiger partial charge in [-0.25, -0.2) is 4.39 Å². The highest BCUT2D eigenvalue weighted by molar-refractivity contribution is 5.70. The summed E-state index contributed by atoms with van der Waals surface area (Å²) in [6.45, 7) is 1.61. The van der Waals surface area contributed by atoms with Crippen molar-refractivity contribution in [2.24, 2.45) is 5.92 Å². The molecule has 1 rings (SSSR count). The molecule has 1 aromatic carbocycles. The number of nitrogens with zero attached hydrogens (tertiary/aromatic N) is 1. The predicted octanol–water partition coefficient (Wildman–Crippen LogP) is 2.15. The summed E-state index contributed by atoms with van der Waals surface area (Å²) < 4.78 is 13.6. The smallest absolute Gasteiger partial charge is 0.306 e. The standard InChI is InChI=1S/C12H16FNO2/c1-8(12(15)16)6-9-4-5-11(14(2)3)10(13)7-9/h4-5,7-8H,6H2,1-3H3,(H,15,16). The van der Waals surface area contributed by atoms with E-state index >= 15 is 0 Å². The van der Waals surface area contributed by atoms with Crippen LogP contribution in [0.4, 0.5) is 10.1 Å². The zero-order chi connectivity index (χ0) is 12.3. The van der Waals surface area contributed by atoms with Gasteiger partial charge in [-0.15, -0.1) is 0 Å². The van der Waals surface area contributed by atoms with E-state index in [-0.39, 0.29) is 5.82 Å². The molecule has 88 valence electrons. The maximum Gasteiger partial charge on any atom is 0.306 e. The molecule has 0 radical (unpaired) electrons. The molecule has 0 bridgehead atoms. The molecule has 3 nitrogen and oxygen atoms in total. The summed E-state index contributed by atoms with van der Waals surface area (Å²) in [5.74, 6) is -1.68. The number of aliphatic carboxylic acids is 1. The lowest BCUT2D eigenvalue weighted by Gasteiger charge is -2.14. The first-order chi connectivity index (χ1) is 7.41. The molecule has 0 saturated heterocycles. The molecule has 0 saturated carbocycles. The van der Waals surface area contributed by atoms with Crippen LogP contribution in [0.25, 0.3) is 0 Å². The summed E-state index contributed by atoms with van der Waals surface area (Å²) in [6.07, 6.45) is 0.347. The van der Waals surface area contributed by atoms with Crippen molar-refractivity contribution in [1.82, 2.24) is 0 Å². The second-order valence-electron chi connectivity index (χ2n) is 4.12. The lowest BCUT2D eigenvalue weighted by molar-refractivity contribution is -0.141. The summed E-state index contributed by atoms with van der Waals surface area (Å²) in [6, 6.07) is 4.83. The molecule has 0 aliphatic carbocycles. The van der Waals surface area contributed by atoms with Crippen molar-refractivity contribution < 1.29 is 14.3 Å². The Hall–Kier alpha value is -1.58. The van der Waals surface area contributed by atoms with Crippen LogP contribution in [0.1, 0.15) is 12.5 Å². The Morgan fingerprint density at radius 2 is 2.12 bits per heavy atom. The fourth-order valence-electron chi connectivity index (χ4n) is 1.48. The van der Waals surface area contributed by atoms with Gasteiger partial charge in [0.2, 0.25) is 0 Å². The van der Waals surface area contributed by atoms with Gasteiger partial charge in [0, 0.05) is 14.1 Å². The summed E-state index contributed by atoms with van der Waals surface area (Å²) in [5, 5.41) is 8.75. The highest BCUT2D eigenvalue weighted by atomic mass is 19.1. The summed E-state index contributed by atoms with van der Waals surface area (Å²) >= 11 is 0. The average molecular weight is 225 g/mol. The number of hydrogen-bond acceptors (Lipinski definition) is 2. The summed E-state index contributed by atoms with van der Waals surface area (Å²) in [5.41, 5.74) is 1.21. The SMILES string of the molecule is CC(Cc1ccc(N(C)C)c(F)c1)C(=O)O. The fraction of sp³-hybridized carbons (Fsp3) is 0.417. The molecular weight excluding hydrogens is 209 g/mol. The molecule has 1 atom stereocenters. The summed E-state index contributed by atoms with van der Waals surface area (Å²) in [7, 11) is 3.52. The van der Waals surface area contributed by atoms with Crippen LogP contribution < -0.4 is 4.90 Å². The van der Waals surface area contributed by atoms with E-state index in [2.05, 4.69) is 0 Å². The van der Waals surface area contributed by atoms with Crippen molar-refractivity contribution in [3.63, 3.8) is 0 Å². The van der Waals surface area contributed by atoms with E-state index < -0.39 is 11.9 Å². The number of rotatable bonds is 4. The van der Waals surface area contributed by atoms with Crippen LogP contribution >= 0.6 is 0 Å². The van der Waals surface area contributed by atoms with Crippen LogP contribution in [0.3, 0.4) is 0 Å². The zero-order valence-electron chi connectivity index (χ0n) is 9.70. The van der Waals surface area contributed by atoms with Gasteiger partial charge >= 0.3 is 5.97 Å². The summed E-state index contributed by atoms with van der Waals surface area (Å²) in [4.78, 5) is 12.3. The Morgan fingerprint density at radius 1 is 1.50 bits per heavy atom. The molecular formula is C12H16FNO2. The van der Waals surface area contributed by atoms with Crippen LogP contribution in [0.2, 0.25) is 0 Å². The molecule has 1 aromatic rings.